The first-order valence-corrected chi connectivity index (χ1v) is 8.46. The molecule has 2 aromatic carbocycles. The molecule has 0 unspecified atom stereocenters. The molecular formula is C20H19N5O. The Morgan fingerprint density at radius 3 is 2.62 bits per heavy atom. The van der Waals surface area contributed by atoms with Crippen molar-refractivity contribution in [3.63, 3.8) is 0 Å². The number of anilines is 1. The van der Waals surface area contributed by atoms with E-state index in [0.29, 0.717) is 18.1 Å². The van der Waals surface area contributed by atoms with E-state index in [4.69, 9.17) is 0 Å². The predicted molar refractivity (Wildman–Crippen MR) is 102 cm³/mol. The third kappa shape index (κ3) is 3.09. The molecule has 0 saturated heterocycles. The first kappa shape index (κ1) is 16.1. The number of rotatable bonds is 4. The molecule has 2 aromatic heterocycles. The minimum atomic E-state index is -0.203. The van der Waals surface area contributed by atoms with Gasteiger partial charge in [-0.1, -0.05) is 48.0 Å². The summed E-state index contributed by atoms with van der Waals surface area (Å²) >= 11 is 0. The van der Waals surface area contributed by atoms with Gasteiger partial charge in [-0.15, -0.1) is 5.10 Å². The lowest BCUT2D eigenvalue weighted by molar-refractivity contribution is 0.878. The number of benzene rings is 2. The van der Waals surface area contributed by atoms with E-state index in [1.807, 2.05) is 62.4 Å². The molecule has 0 fully saturated rings. The van der Waals surface area contributed by atoms with E-state index < -0.39 is 0 Å². The van der Waals surface area contributed by atoms with Gasteiger partial charge in [0.25, 0.3) is 5.56 Å². The molecule has 0 spiro atoms. The molecule has 0 aliphatic heterocycles. The molecular weight excluding hydrogens is 326 g/mol. The molecule has 0 radical (unpaired) electrons. The molecule has 0 atom stereocenters. The van der Waals surface area contributed by atoms with Crippen LogP contribution in [0.15, 0.2) is 59.4 Å². The Kier molecular flexibility index (Phi) is 4.01. The molecule has 6 heteroatoms. The van der Waals surface area contributed by atoms with Crippen LogP contribution in [0.5, 0.6) is 0 Å². The SMILES string of the molecule is Cc1ccc(-c2nc3[nH]c(CNc4ccccc4C)cc(=O)n3n2)cc1. The molecule has 0 aliphatic carbocycles. The minimum absolute atomic E-state index is 0.203. The fourth-order valence-corrected chi connectivity index (χ4v) is 2.82. The summed E-state index contributed by atoms with van der Waals surface area (Å²) in [5.41, 5.74) is 4.79. The van der Waals surface area contributed by atoms with Crippen LogP contribution in [0.4, 0.5) is 5.69 Å². The molecule has 4 aromatic rings. The molecule has 0 saturated carbocycles. The van der Waals surface area contributed by atoms with Crippen LogP contribution in [0.25, 0.3) is 17.2 Å². The Morgan fingerprint density at radius 1 is 1.08 bits per heavy atom. The Labute approximate surface area is 150 Å². The molecule has 2 N–H and O–H groups in total. The number of aromatic nitrogens is 4. The van der Waals surface area contributed by atoms with E-state index in [1.54, 1.807) is 6.07 Å². The summed E-state index contributed by atoms with van der Waals surface area (Å²) in [5.74, 6) is 0.969. The lowest BCUT2D eigenvalue weighted by atomic mass is 10.1. The summed E-state index contributed by atoms with van der Waals surface area (Å²) in [7, 11) is 0. The number of hydrogen-bond donors (Lipinski definition) is 2. The Morgan fingerprint density at radius 2 is 1.85 bits per heavy atom. The smallest absolute Gasteiger partial charge is 0.275 e. The van der Waals surface area contributed by atoms with Gasteiger partial charge in [-0.05, 0) is 25.5 Å². The van der Waals surface area contributed by atoms with Crippen molar-refractivity contribution in [2.45, 2.75) is 20.4 Å². The summed E-state index contributed by atoms with van der Waals surface area (Å²) in [6.45, 7) is 4.57. The molecule has 2 heterocycles. The van der Waals surface area contributed by atoms with Crippen molar-refractivity contribution < 1.29 is 0 Å². The maximum absolute atomic E-state index is 12.4. The third-order valence-corrected chi connectivity index (χ3v) is 4.31. The van der Waals surface area contributed by atoms with E-state index in [0.717, 1.165) is 28.1 Å². The number of aromatic amines is 1. The number of nitrogens with zero attached hydrogens (tertiary/aromatic N) is 3. The van der Waals surface area contributed by atoms with Crippen LogP contribution in [0.2, 0.25) is 0 Å². The second kappa shape index (κ2) is 6.48. The summed E-state index contributed by atoms with van der Waals surface area (Å²) in [4.78, 5) is 20.1. The number of fused-ring (bicyclic) bond motifs is 1. The number of H-pyrrole nitrogens is 1. The van der Waals surface area contributed by atoms with Crippen LogP contribution < -0.4 is 10.9 Å². The molecule has 26 heavy (non-hydrogen) atoms. The fourth-order valence-electron chi connectivity index (χ4n) is 2.82. The van der Waals surface area contributed by atoms with Crippen molar-refractivity contribution in [3.05, 3.63) is 81.8 Å². The Balaban J connectivity index is 1.65. The first-order valence-electron chi connectivity index (χ1n) is 8.46. The van der Waals surface area contributed by atoms with Crippen LogP contribution in [-0.2, 0) is 6.54 Å². The predicted octanol–water partition coefficient (Wildman–Crippen LogP) is 3.31. The lowest BCUT2D eigenvalue weighted by Crippen LogP contribution is -2.17. The molecule has 0 bridgehead atoms. The van der Waals surface area contributed by atoms with E-state index >= 15 is 0 Å². The normalized spacial score (nSPS) is 11.0. The number of hydrogen-bond acceptors (Lipinski definition) is 4. The monoisotopic (exact) mass is 345 g/mol. The average Bonchev–Trinajstić information content (AvgIpc) is 3.06. The highest BCUT2D eigenvalue weighted by Gasteiger charge is 2.10. The van der Waals surface area contributed by atoms with E-state index in [1.165, 1.54) is 4.52 Å². The lowest BCUT2D eigenvalue weighted by Gasteiger charge is -2.09. The van der Waals surface area contributed by atoms with Crippen molar-refractivity contribution in [3.8, 4) is 11.4 Å². The fraction of sp³-hybridized carbons (Fsp3) is 0.150. The topological polar surface area (TPSA) is 75.1 Å². The van der Waals surface area contributed by atoms with Crippen molar-refractivity contribution in [1.82, 2.24) is 19.6 Å². The van der Waals surface area contributed by atoms with Gasteiger partial charge in [0.2, 0.25) is 5.78 Å². The number of para-hydroxylation sites is 1. The summed E-state index contributed by atoms with van der Waals surface area (Å²) in [6, 6.07) is 17.5. The van der Waals surface area contributed by atoms with Crippen LogP contribution in [0.1, 0.15) is 16.8 Å². The Bertz CT molecular complexity index is 1130. The van der Waals surface area contributed by atoms with Gasteiger partial charge in [-0.2, -0.15) is 9.50 Å². The minimum Gasteiger partial charge on any atom is -0.379 e. The summed E-state index contributed by atoms with van der Waals surface area (Å²) in [5, 5.41) is 7.67. The van der Waals surface area contributed by atoms with Crippen molar-refractivity contribution in [2.75, 3.05) is 5.32 Å². The first-order chi connectivity index (χ1) is 12.6. The summed E-state index contributed by atoms with van der Waals surface area (Å²) in [6.07, 6.45) is 0. The molecule has 0 amide bonds. The molecule has 6 nitrogen and oxygen atoms in total. The van der Waals surface area contributed by atoms with Crippen molar-refractivity contribution >= 4 is 11.5 Å². The van der Waals surface area contributed by atoms with Gasteiger partial charge in [0.05, 0.1) is 6.54 Å². The maximum Gasteiger partial charge on any atom is 0.275 e. The third-order valence-electron chi connectivity index (χ3n) is 4.31. The summed E-state index contributed by atoms with van der Waals surface area (Å²) < 4.78 is 1.30. The number of aryl methyl sites for hydroxylation is 2. The molecule has 130 valence electrons. The van der Waals surface area contributed by atoms with Crippen molar-refractivity contribution in [2.24, 2.45) is 0 Å². The van der Waals surface area contributed by atoms with Gasteiger partial charge in [0.1, 0.15) is 0 Å². The highest BCUT2D eigenvalue weighted by Crippen LogP contribution is 2.16. The highest BCUT2D eigenvalue weighted by molar-refractivity contribution is 5.57. The van der Waals surface area contributed by atoms with Crippen LogP contribution >= 0.6 is 0 Å². The van der Waals surface area contributed by atoms with Gasteiger partial charge >= 0.3 is 0 Å². The van der Waals surface area contributed by atoms with Gasteiger partial charge in [-0.3, -0.25) is 4.79 Å². The van der Waals surface area contributed by atoms with Gasteiger partial charge in [0, 0.05) is 23.0 Å². The quantitative estimate of drug-likeness (QED) is 0.595. The van der Waals surface area contributed by atoms with Crippen LogP contribution in [0, 0.1) is 13.8 Å². The van der Waals surface area contributed by atoms with Gasteiger partial charge in [-0.25, -0.2) is 0 Å². The van der Waals surface area contributed by atoms with Gasteiger partial charge in [0.15, 0.2) is 5.82 Å². The van der Waals surface area contributed by atoms with E-state index in [9.17, 15) is 4.79 Å². The van der Waals surface area contributed by atoms with E-state index in [2.05, 4.69) is 20.4 Å². The zero-order valence-electron chi connectivity index (χ0n) is 14.7. The average molecular weight is 345 g/mol. The number of nitrogens with one attached hydrogen (secondary N) is 2. The van der Waals surface area contributed by atoms with Gasteiger partial charge < -0.3 is 10.3 Å². The zero-order valence-corrected chi connectivity index (χ0v) is 14.7. The van der Waals surface area contributed by atoms with E-state index in [-0.39, 0.29) is 5.56 Å². The maximum atomic E-state index is 12.4. The second-order valence-corrected chi connectivity index (χ2v) is 6.34. The molecule has 4 rings (SSSR count). The zero-order chi connectivity index (χ0) is 18.1. The van der Waals surface area contributed by atoms with Crippen LogP contribution in [-0.4, -0.2) is 19.6 Å². The Hall–Kier alpha value is -3.41. The van der Waals surface area contributed by atoms with Crippen molar-refractivity contribution in [1.29, 1.82) is 0 Å². The van der Waals surface area contributed by atoms with Crippen LogP contribution in [0.3, 0.4) is 0 Å². The standard InChI is InChI=1S/C20H19N5O/c1-13-7-9-15(10-8-13)19-23-20-22-16(11-18(26)25(20)24-19)12-21-17-6-4-3-5-14(17)2/h3-11,21H,12H2,1-2H3,(H,22,23,24). The molecule has 0 aliphatic rings. The second-order valence-electron chi connectivity index (χ2n) is 6.34. The largest absolute Gasteiger partial charge is 0.379 e. The highest BCUT2D eigenvalue weighted by atomic mass is 16.1.